The average molecular weight is 264 g/mol. The molecule has 2 heteroatoms. The Morgan fingerprint density at radius 2 is 1.68 bits per heavy atom. The monoisotopic (exact) mass is 264 g/mol. The van der Waals surface area contributed by atoms with Crippen molar-refractivity contribution in [2.24, 2.45) is 5.92 Å². The van der Waals surface area contributed by atoms with Gasteiger partial charge in [-0.3, -0.25) is 4.90 Å². The van der Waals surface area contributed by atoms with Crippen molar-refractivity contribution in [2.45, 2.75) is 89.3 Å². The molecule has 0 amide bonds. The second-order valence-electron chi connectivity index (χ2n) is 7.05. The van der Waals surface area contributed by atoms with Gasteiger partial charge >= 0.3 is 0 Å². The SMILES string of the molecule is CCCNC1CCCC1N1CCC[C@H]2CCCC[C@H]21. The molecule has 3 aliphatic rings. The number of hydrogen-bond donors (Lipinski definition) is 1. The van der Waals surface area contributed by atoms with Crippen LogP contribution in [0, 0.1) is 5.92 Å². The average Bonchev–Trinajstić information content (AvgIpc) is 2.92. The second kappa shape index (κ2) is 6.58. The van der Waals surface area contributed by atoms with Crippen LogP contribution in [0.25, 0.3) is 0 Å². The maximum absolute atomic E-state index is 3.83. The van der Waals surface area contributed by atoms with E-state index in [2.05, 4.69) is 17.1 Å². The molecule has 2 aliphatic carbocycles. The predicted molar refractivity (Wildman–Crippen MR) is 81.4 cm³/mol. The molecule has 1 N–H and O–H groups in total. The number of nitrogens with one attached hydrogen (secondary N) is 1. The first-order chi connectivity index (χ1) is 9.40. The van der Waals surface area contributed by atoms with Gasteiger partial charge < -0.3 is 5.32 Å². The van der Waals surface area contributed by atoms with Crippen molar-refractivity contribution >= 4 is 0 Å². The second-order valence-corrected chi connectivity index (χ2v) is 7.05. The normalized spacial score (nSPS) is 40.3. The summed E-state index contributed by atoms with van der Waals surface area (Å²) < 4.78 is 0. The van der Waals surface area contributed by atoms with Gasteiger partial charge in [-0.15, -0.1) is 0 Å². The third-order valence-corrected chi connectivity index (χ3v) is 5.85. The highest BCUT2D eigenvalue weighted by Crippen LogP contribution is 2.39. The van der Waals surface area contributed by atoms with Crippen molar-refractivity contribution in [1.29, 1.82) is 0 Å². The summed E-state index contributed by atoms with van der Waals surface area (Å²) in [5.41, 5.74) is 0. The topological polar surface area (TPSA) is 15.3 Å². The van der Waals surface area contributed by atoms with Crippen LogP contribution in [0.15, 0.2) is 0 Å². The molecule has 0 aromatic rings. The molecule has 2 nitrogen and oxygen atoms in total. The van der Waals surface area contributed by atoms with Gasteiger partial charge in [-0.2, -0.15) is 0 Å². The molecule has 0 aromatic heterocycles. The maximum atomic E-state index is 3.83. The summed E-state index contributed by atoms with van der Waals surface area (Å²) in [6, 6.07) is 2.59. The van der Waals surface area contributed by atoms with E-state index in [-0.39, 0.29) is 0 Å². The molecule has 4 atom stereocenters. The standard InChI is InChI=1S/C17H32N2/c1-2-12-18-15-9-5-11-17(15)19-13-6-8-14-7-3-4-10-16(14)19/h14-18H,2-13H2,1H3/t14-,15?,16-,17?/m1/s1. The van der Waals surface area contributed by atoms with Crippen molar-refractivity contribution in [3.8, 4) is 0 Å². The molecule has 1 saturated heterocycles. The molecule has 3 rings (SSSR count). The number of hydrogen-bond acceptors (Lipinski definition) is 2. The van der Waals surface area contributed by atoms with Crippen LogP contribution in [0.3, 0.4) is 0 Å². The van der Waals surface area contributed by atoms with Gasteiger partial charge in [0.25, 0.3) is 0 Å². The van der Waals surface area contributed by atoms with Crippen LogP contribution in [0.2, 0.25) is 0 Å². The summed E-state index contributed by atoms with van der Waals surface area (Å²) in [4.78, 5) is 2.95. The quantitative estimate of drug-likeness (QED) is 0.835. The van der Waals surface area contributed by atoms with E-state index in [1.54, 1.807) is 0 Å². The largest absolute Gasteiger partial charge is 0.312 e. The van der Waals surface area contributed by atoms with Crippen molar-refractivity contribution < 1.29 is 0 Å². The molecule has 2 unspecified atom stereocenters. The van der Waals surface area contributed by atoms with E-state index < -0.39 is 0 Å². The fourth-order valence-electron chi connectivity index (χ4n) is 4.98. The van der Waals surface area contributed by atoms with Gasteiger partial charge in [-0.1, -0.05) is 26.2 Å². The molecule has 1 heterocycles. The third-order valence-electron chi connectivity index (χ3n) is 5.85. The van der Waals surface area contributed by atoms with Gasteiger partial charge in [0, 0.05) is 18.1 Å². The van der Waals surface area contributed by atoms with E-state index in [1.807, 2.05) is 0 Å². The van der Waals surface area contributed by atoms with Gasteiger partial charge in [-0.05, 0) is 64.0 Å². The molecule has 0 spiro atoms. The Bertz CT molecular complexity index is 276. The van der Waals surface area contributed by atoms with Crippen LogP contribution in [-0.4, -0.2) is 36.1 Å². The summed E-state index contributed by atoms with van der Waals surface area (Å²) in [5, 5.41) is 3.83. The number of likely N-dealkylation sites (tertiary alicyclic amines) is 1. The van der Waals surface area contributed by atoms with Crippen molar-refractivity contribution in [3.63, 3.8) is 0 Å². The summed E-state index contributed by atoms with van der Waals surface area (Å²) in [5.74, 6) is 1.04. The Morgan fingerprint density at radius 1 is 0.895 bits per heavy atom. The Kier molecular flexibility index (Phi) is 4.81. The smallest absolute Gasteiger partial charge is 0.0252 e. The van der Waals surface area contributed by atoms with Crippen molar-refractivity contribution in [1.82, 2.24) is 10.2 Å². The molecule has 2 saturated carbocycles. The third kappa shape index (κ3) is 3.00. The molecular formula is C17H32N2. The lowest BCUT2D eigenvalue weighted by Gasteiger charge is -2.48. The van der Waals surface area contributed by atoms with E-state index in [4.69, 9.17) is 0 Å². The summed E-state index contributed by atoms with van der Waals surface area (Å²) in [7, 11) is 0. The van der Waals surface area contributed by atoms with Gasteiger partial charge in [-0.25, -0.2) is 0 Å². The Hall–Kier alpha value is -0.0800. The van der Waals surface area contributed by atoms with Crippen LogP contribution >= 0.6 is 0 Å². The number of piperidine rings is 1. The number of rotatable bonds is 4. The molecule has 1 aliphatic heterocycles. The molecule has 0 radical (unpaired) electrons. The predicted octanol–water partition coefficient (Wildman–Crippen LogP) is 3.56. The molecule has 110 valence electrons. The highest BCUT2D eigenvalue weighted by atomic mass is 15.2. The Morgan fingerprint density at radius 3 is 2.58 bits per heavy atom. The van der Waals surface area contributed by atoms with Crippen LogP contribution in [-0.2, 0) is 0 Å². The van der Waals surface area contributed by atoms with Crippen LogP contribution in [0.1, 0.15) is 71.1 Å². The van der Waals surface area contributed by atoms with Gasteiger partial charge in [0.1, 0.15) is 0 Å². The van der Waals surface area contributed by atoms with E-state index >= 15 is 0 Å². The Labute approximate surface area is 119 Å². The maximum Gasteiger partial charge on any atom is 0.0252 e. The van der Waals surface area contributed by atoms with E-state index in [0.717, 1.165) is 24.0 Å². The molecule has 0 aromatic carbocycles. The molecular weight excluding hydrogens is 232 g/mol. The lowest BCUT2D eigenvalue weighted by atomic mass is 9.77. The molecule has 0 bridgehead atoms. The van der Waals surface area contributed by atoms with Crippen LogP contribution in [0.4, 0.5) is 0 Å². The van der Waals surface area contributed by atoms with E-state index in [1.165, 1.54) is 77.3 Å². The fourth-order valence-corrected chi connectivity index (χ4v) is 4.98. The van der Waals surface area contributed by atoms with Gasteiger partial charge in [0.05, 0.1) is 0 Å². The molecule has 19 heavy (non-hydrogen) atoms. The fraction of sp³-hybridized carbons (Fsp3) is 1.00. The summed E-state index contributed by atoms with van der Waals surface area (Å²) in [6.45, 7) is 4.88. The minimum atomic E-state index is 0.792. The van der Waals surface area contributed by atoms with Gasteiger partial charge in [0.15, 0.2) is 0 Å². The first-order valence-electron chi connectivity index (χ1n) is 8.89. The van der Waals surface area contributed by atoms with Crippen LogP contribution < -0.4 is 5.32 Å². The zero-order valence-electron chi connectivity index (χ0n) is 12.7. The number of nitrogens with zero attached hydrogens (tertiary/aromatic N) is 1. The highest BCUT2D eigenvalue weighted by molar-refractivity contribution is 4.97. The first kappa shape index (κ1) is 13.9. The highest BCUT2D eigenvalue weighted by Gasteiger charge is 2.40. The van der Waals surface area contributed by atoms with Crippen molar-refractivity contribution in [3.05, 3.63) is 0 Å². The Balaban J connectivity index is 1.65. The minimum absolute atomic E-state index is 0.792. The van der Waals surface area contributed by atoms with Crippen LogP contribution in [0.5, 0.6) is 0 Å². The van der Waals surface area contributed by atoms with Gasteiger partial charge in [0.2, 0.25) is 0 Å². The first-order valence-corrected chi connectivity index (χ1v) is 8.89. The lowest BCUT2D eigenvalue weighted by molar-refractivity contribution is 0.0191. The van der Waals surface area contributed by atoms with E-state index in [9.17, 15) is 0 Å². The lowest BCUT2D eigenvalue weighted by Crippen LogP contribution is -2.56. The molecule has 3 fully saturated rings. The zero-order chi connectivity index (χ0) is 13.1. The van der Waals surface area contributed by atoms with Crippen molar-refractivity contribution in [2.75, 3.05) is 13.1 Å². The zero-order valence-corrected chi connectivity index (χ0v) is 12.7. The number of fused-ring (bicyclic) bond motifs is 1. The minimum Gasteiger partial charge on any atom is -0.312 e. The summed E-state index contributed by atoms with van der Waals surface area (Å²) >= 11 is 0. The summed E-state index contributed by atoms with van der Waals surface area (Å²) in [6.07, 6.45) is 14.5. The van der Waals surface area contributed by atoms with E-state index in [0.29, 0.717) is 0 Å².